The number of aryl methyl sites for hydroxylation is 2. The molecule has 6 rings (SSSR count). The van der Waals surface area contributed by atoms with Crippen LogP contribution in [-0.2, 0) is 26.9 Å². The molecule has 1 aliphatic carbocycles. The highest BCUT2D eigenvalue weighted by atomic mass is 19.4. The number of hydrogen-bond donors (Lipinski definition) is 0. The summed E-state index contributed by atoms with van der Waals surface area (Å²) in [5.74, 6) is 0.240. The number of halogens is 4. The number of nitrogens with zero attached hydrogens (tertiary/aromatic N) is 8. The van der Waals surface area contributed by atoms with Crippen LogP contribution in [0, 0.1) is 5.82 Å². The van der Waals surface area contributed by atoms with Crippen molar-refractivity contribution in [3.05, 3.63) is 59.7 Å². The van der Waals surface area contributed by atoms with E-state index in [1.807, 2.05) is 0 Å². The van der Waals surface area contributed by atoms with Crippen LogP contribution in [0.4, 0.5) is 17.6 Å². The Kier molecular flexibility index (Phi) is 6.11. The monoisotopic (exact) mass is 554 g/mol. The minimum atomic E-state index is -4.64. The van der Waals surface area contributed by atoms with Gasteiger partial charge >= 0.3 is 6.18 Å². The lowest BCUT2D eigenvalue weighted by Crippen LogP contribution is -2.06. The van der Waals surface area contributed by atoms with E-state index in [2.05, 4.69) is 30.0 Å². The van der Waals surface area contributed by atoms with Crippen molar-refractivity contribution in [2.45, 2.75) is 31.5 Å². The lowest BCUT2D eigenvalue weighted by Gasteiger charge is -2.13. The van der Waals surface area contributed by atoms with Crippen LogP contribution in [0.25, 0.3) is 33.8 Å². The van der Waals surface area contributed by atoms with Crippen molar-refractivity contribution in [2.75, 3.05) is 7.11 Å². The molecule has 14 heteroatoms. The first-order valence-corrected chi connectivity index (χ1v) is 12.2. The van der Waals surface area contributed by atoms with Crippen LogP contribution >= 0.6 is 0 Å². The van der Waals surface area contributed by atoms with Crippen molar-refractivity contribution in [1.82, 2.24) is 39.3 Å². The quantitative estimate of drug-likeness (QED) is 0.263. The first-order valence-electron chi connectivity index (χ1n) is 12.2. The van der Waals surface area contributed by atoms with E-state index in [0.717, 1.165) is 29.3 Å². The molecule has 0 atom stereocenters. The number of ether oxygens (including phenoxy) is 2. The van der Waals surface area contributed by atoms with Gasteiger partial charge < -0.3 is 14.0 Å². The summed E-state index contributed by atoms with van der Waals surface area (Å²) in [5.41, 5.74) is 1.68. The Hall–Kier alpha value is -4.62. The maximum Gasteiger partial charge on any atom is 0.434 e. The highest BCUT2D eigenvalue weighted by Gasteiger charge is 2.35. The number of imidazole rings is 1. The summed E-state index contributed by atoms with van der Waals surface area (Å²) in [5, 5.41) is 4.27. The fourth-order valence-electron chi connectivity index (χ4n) is 4.50. The molecule has 0 radical (unpaired) electrons. The van der Waals surface area contributed by atoms with Gasteiger partial charge in [-0.3, -0.25) is 4.68 Å². The zero-order chi connectivity index (χ0) is 28.2. The van der Waals surface area contributed by atoms with Gasteiger partial charge in [0.25, 0.3) is 0 Å². The largest absolute Gasteiger partial charge is 0.480 e. The second kappa shape index (κ2) is 9.54. The maximum absolute atomic E-state index is 15.1. The van der Waals surface area contributed by atoms with Crippen LogP contribution in [-0.4, -0.2) is 46.4 Å². The van der Waals surface area contributed by atoms with E-state index in [1.54, 1.807) is 24.0 Å². The van der Waals surface area contributed by atoms with Crippen molar-refractivity contribution < 1.29 is 27.0 Å². The van der Waals surface area contributed by atoms with E-state index in [1.165, 1.54) is 32.6 Å². The van der Waals surface area contributed by atoms with E-state index in [-0.39, 0.29) is 29.8 Å². The van der Waals surface area contributed by atoms with Crippen LogP contribution in [0.5, 0.6) is 11.8 Å². The highest BCUT2D eigenvalue weighted by molar-refractivity contribution is 5.82. The topological polar surface area (TPSA) is 106 Å². The van der Waals surface area contributed by atoms with Crippen molar-refractivity contribution in [3.8, 4) is 34.5 Å². The second-order valence-corrected chi connectivity index (χ2v) is 9.43. The van der Waals surface area contributed by atoms with Gasteiger partial charge in [-0.15, -0.1) is 0 Å². The second-order valence-electron chi connectivity index (χ2n) is 9.43. The summed E-state index contributed by atoms with van der Waals surface area (Å²) in [7, 11) is 4.60. The van der Waals surface area contributed by atoms with Gasteiger partial charge in [-0.05, 0) is 30.5 Å². The summed E-state index contributed by atoms with van der Waals surface area (Å²) in [6.07, 6.45) is 1.19. The molecule has 206 valence electrons. The molecule has 0 amide bonds. The number of rotatable bonds is 7. The molecular formula is C26H22F4N8O2. The summed E-state index contributed by atoms with van der Waals surface area (Å²) >= 11 is 0. The van der Waals surface area contributed by atoms with Gasteiger partial charge in [0.15, 0.2) is 11.5 Å². The Morgan fingerprint density at radius 3 is 2.52 bits per heavy atom. The Labute approximate surface area is 224 Å². The van der Waals surface area contributed by atoms with Gasteiger partial charge in [0.1, 0.15) is 41.2 Å². The van der Waals surface area contributed by atoms with E-state index >= 15 is 4.39 Å². The molecule has 0 N–H and O–H groups in total. The summed E-state index contributed by atoms with van der Waals surface area (Å²) in [4.78, 5) is 21.6. The predicted molar refractivity (Wildman–Crippen MR) is 134 cm³/mol. The standard InChI is InChI=1S/C26H22F4N8O2/c1-37-10-18(26(28,29)30)35-23(37)15-7-4-13(8-16(15)27)11-40-25-21-17(9-33-38(21)2)34-22(36-25)19-20(14-5-6-14)31-12-32-24(19)39-3/h4,7-10,12,14H,5-6,11H2,1-3H3. The van der Waals surface area contributed by atoms with Gasteiger partial charge in [0.2, 0.25) is 11.8 Å². The Balaban J connectivity index is 1.33. The summed E-state index contributed by atoms with van der Waals surface area (Å²) in [6.45, 7) is -0.0831. The van der Waals surface area contributed by atoms with E-state index in [0.29, 0.717) is 33.9 Å². The molecule has 4 aromatic heterocycles. The smallest absolute Gasteiger partial charge is 0.434 e. The number of methoxy groups -OCH3 is 1. The van der Waals surface area contributed by atoms with E-state index < -0.39 is 17.7 Å². The van der Waals surface area contributed by atoms with Crippen LogP contribution in [0.1, 0.15) is 35.7 Å². The first kappa shape index (κ1) is 25.6. The number of alkyl halides is 3. The fraction of sp³-hybridized carbons (Fsp3) is 0.308. The SMILES string of the molecule is COc1ncnc(C2CC2)c1-c1nc(OCc2ccc(-c3nc(C(F)(F)F)cn3C)c(F)c2)c2c(cnn2C)n1. The fourth-order valence-corrected chi connectivity index (χ4v) is 4.50. The third-order valence-corrected chi connectivity index (χ3v) is 6.60. The van der Waals surface area contributed by atoms with Gasteiger partial charge in [-0.25, -0.2) is 24.3 Å². The lowest BCUT2D eigenvalue weighted by atomic mass is 10.1. The molecule has 1 fully saturated rings. The Morgan fingerprint density at radius 1 is 1.05 bits per heavy atom. The normalized spacial score (nSPS) is 13.7. The van der Waals surface area contributed by atoms with Gasteiger partial charge in [-0.1, -0.05) is 6.07 Å². The van der Waals surface area contributed by atoms with Gasteiger partial charge in [0, 0.05) is 26.2 Å². The van der Waals surface area contributed by atoms with Crippen molar-refractivity contribution in [1.29, 1.82) is 0 Å². The highest BCUT2D eigenvalue weighted by Crippen LogP contribution is 2.45. The average Bonchev–Trinajstić information content (AvgIpc) is 3.60. The number of aromatic nitrogens is 8. The molecule has 0 bridgehead atoms. The predicted octanol–water partition coefficient (Wildman–Crippen LogP) is 4.84. The Morgan fingerprint density at radius 2 is 1.85 bits per heavy atom. The van der Waals surface area contributed by atoms with Crippen LogP contribution < -0.4 is 9.47 Å². The molecule has 40 heavy (non-hydrogen) atoms. The molecule has 4 heterocycles. The molecule has 0 aliphatic heterocycles. The molecule has 1 aliphatic rings. The Bertz CT molecular complexity index is 1740. The van der Waals surface area contributed by atoms with Crippen molar-refractivity contribution in [2.24, 2.45) is 14.1 Å². The van der Waals surface area contributed by atoms with E-state index in [9.17, 15) is 13.2 Å². The molecule has 0 unspecified atom stereocenters. The van der Waals surface area contributed by atoms with Crippen LogP contribution in [0.15, 0.2) is 36.9 Å². The minimum absolute atomic E-state index is 0.0659. The van der Waals surface area contributed by atoms with Crippen molar-refractivity contribution >= 4 is 11.0 Å². The minimum Gasteiger partial charge on any atom is -0.480 e. The zero-order valence-electron chi connectivity index (χ0n) is 21.6. The number of benzene rings is 1. The first-order chi connectivity index (χ1) is 19.1. The third-order valence-electron chi connectivity index (χ3n) is 6.60. The molecule has 0 saturated heterocycles. The van der Waals surface area contributed by atoms with Crippen LogP contribution in [0.2, 0.25) is 0 Å². The van der Waals surface area contributed by atoms with E-state index in [4.69, 9.17) is 9.47 Å². The lowest BCUT2D eigenvalue weighted by molar-refractivity contribution is -0.140. The van der Waals surface area contributed by atoms with Gasteiger partial charge in [-0.2, -0.15) is 23.3 Å². The maximum atomic E-state index is 15.1. The molecule has 10 nitrogen and oxygen atoms in total. The average molecular weight is 555 g/mol. The molecule has 0 spiro atoms. The molecule has 1 saturated carbocycles. The molecule has 5 aromatic rings. The zero-order valence-corrected chi connectivity index (χ0v) is 21.6. The van der Waals surface area contributed by atoms with Crippen molar-refractivity contribution in [3.63, 3.8) is 0 Å². The summed E-state index contributed by atoms with van der Waals surface area (Å²) in [6, 6.07) is 4.12. The number of fused-ring (bicyclic) bond motifs is 1. The summed E-state index contributed by atoms with van der Waals surface area (Å²) < 4.78 is 68.5. The molecule has 1 aromatic carbocycles. The number of hydrogen-bond acceptors (Lipinski definition) is 8. The molecular weight excluding hydrogens is 532 g/mol. The third kappa shape index (κ3) is 4.58. The van der Waals surface area contributed by atoms with Gasteiger partial charge in [0.05, 0.1) is 24.6 Å². The van der Waals surface area contributed by atoms with Crippen LogP contribution in [0.3, 0.4) is 0 Å².